The summed E-state index contributed by atoms with van der Waals surface area (Å²) in [6, 6.07) is -0.833. The van der Waals surface area contributed by atoms with E-state index in [2.05, 4.69) is 11.5 Å². The Morgan fingerprint density at radius 2 is 1.40 bits per heavy atom. The SMILES string of the molecule is NC(N)=O.[Eu]. The van der Waals surface area contributed by atoms with Crippen molar-refractivity contribution in [3.05, 3.63) is 0 Å². The topological polar surface area (TPSA) is 69.1 Å². The van der Waals surface area contributed by atoms with Crippen molar-refractivity contribution in [2.24, 2.45) is 11.5 Å². The second kappa shape index (κ2) is 4.85. The van der Waals surface area contributed by atoms with Crippen LogP contribution in [0.1, 0.15) is 0 Å². The number of amides is 2. The molecule has 5 heavy (non-hydrogen) atoms. The normalized spacial score (nSPS) is 4.80. The molecule has 0 aliphatic carbocycles. The summed E-state index contributed by atoms with van der Waals surface area (Å²) >= 11 is 0. The Kier molecular flexibility index (Phi) is 9.02. The molecule has 0 spiro atoms. The van der Waals surface area contributed by atoms with E-state index in [1.54, 1.807) is 0 Å². The molecule has 31 valence electrons. The summed E-state index contributed by atoms with van der Waals surface area (Å²) < 4.78 is 0. The summed E-state index contributed by atoms with van der Waals surface area (Å²) in [5.41, 5.74) is 8.50. The van der Waals surface area contributed by atoms with E-state index >= 15 is 0 Å². The fraction of sp³-hybridized carbons (Fsp3) is 0. The third-order valence-corrected chi connectivity index (χ3v) is 0. The van der Waals surface area contributed by atoms with Crippen LogP contribution in [-0.4, -0.2) is 6.03 Å². The number of nitrogens with two attached hydrogens (primary N) is 2. The van der Waals surface area contributed by atoms with Crippen LogP contribution in [0.4, 0.5) is 4.79 Å². The molecule has 0 aromatic rings. The fourth-order valence-electron chi connectivity index (χ4n) is 0. The predicted molar refractivity (Wildman–Crippen MR) is 13.8 cm³/mol. The molecule has 0 fully saturated rings. The maximum absolute atomic E-state index is 9.00. The first-order valence-electron chi connectivity index (χ1n) is 0.781. The maximum Gasteiger partial charge on any atom is 0.309 e. The van der Waals surface area contributed by atoms with Crippen LogP contribution in [0.15, 0.2) is 0 Å². The molecule has 0 heterocycles. The Bertz CT molecular complexity index is 32.6. The van der Waals surface area contributed by atoms with E-state index in [0.717, 1.165) is 0 Å². The predicted octanol–water partition coefficient (Wildman–Crippen LogP) is -0.976. The van der Waals surface area contributed by atoms with Gasteiger partial charge in [-0.25, -0.2) is 4.79 Å². The Hall–Kier alpha value is 0.854. The standard InChI is InChI=1S/CH4N2O.Eu/c2-1(3)4;/h(H4,2,3,4);. The summed E-state index contributed by atoms with van der Waals surface area (Å²) in [4.78, 5) is 9.00. The van der Waals surface area contributed by atoms with Gasteiger partial charge in [0.15, 0.2) is 0 Å². The largest absolute Gasteiger partial charge is 0.352 e. The van der Waals surface area contributed by atoms with Crippen molar-refractivity contribution >= 4 is 6.03 Å². The molecule has 0 unspecified atom stereocenters. The molecule has 1 radical (unpaired) electrons. The molecular formula is CH4EuN2O. The van der Waals surface area contributed by atoms with Gasteiger partial charge in [-0.3, -0.25) is 0 Å². The van der Waals surface area contributed by atoms with Crippen molar-refractivity contribution in [2.75, 3.05) is 0 Å². The van der Waals surface area contributed by atoms with Crippen LogP contribution in [0, 0.1) is 49.4 Å². The number of urea groups is 1. The van der Waals surface area contributed by atoms with Crippen LogP contribution >= 0.6 is 0 Å². The molecule has 0 saturated heterocycles. The average molecular weight is 212 g/mol. The van der Waals surface area contributed by atoms with E-state index < -0.39 is 6.03 Å². The molecule has 4 heteroatoms. The second-order valence-corrected chi connectivity index (χ2v) is 0.402. The van der Waals surface area contributed by atoms with Crippen LogP contribution in [0.2, 0.25) is 0 Å². The van der Waals surface area contributed by atoms with E-state index in [-0.39, 0.29) is 49.4 Å². The van der Waals surface area contributed by atoms with Crippen molar-refractivity contribution < 1.29 is 54.2 Å². The first-order chi connectivity index (χ1) is 1.73. The Morgan fingerprint density at radius 1 is 1.40 bits per heavy atom. The van der Waals surface area contributed by atoms with E-state index in [1.807, 2.05) is 0 Å². The van der Waals surface area contributed by atoms with Crippen LogP contribution in [-0.2, 0) is 0 Å². The summed E-state index contributed by atoms with van der Waals surface area (Å²) in [6.07, 6.45) is 0. The van der Waals surface area contributed by atoms with Gasteiger partial charge in [0.25, 0.3) is 0 Å². The zero-order valence-corrected chi connectivity index (χ0v) is 4.87. The maximum atomic E-state index is 9.00. The van der Waals surface area contributed by atoms with Gasteiger partial charge < -0.3 is 11.5 Å². The van der Waals surface area contributed by atoms with Gasteiger partial charge >= 0.3 is 6.03 Å². The minimum atomic E-state index is -0.833. The Morgan fingerprint density at radius 3 is 1.40 bits per heavy atom. The monoisotopic (exact) mass is 213 g/mol. The van der Waals surface area contributed by atoms with Gasteiger partial charge in [0, 0.05) is 49.4 Å². The Balaban J connectivity index is 0. The second-order valence-electron chi connectivity index (χ2n) is 0.402. The summed E-state index contributed by atoms with van der Waals surface area (Å²) in [5.74, 6) is 0. The first-order valence-corrected chi connectivity index (χ1v) is 0.781. The Labute approximate surface area is 70.6 Å². The van der Waals surface area contributed by atoms with Crippen LogP contribution in [0.5, 0.6) is 0 Å². The van der Waals surface area contributed by atoms with Gasteiger partial charge in [0.05, 0.1) is 0 Å². The van der Waals surface area contributed by atoms with E-state index in [1.165, 1.54) is 0 Å². The molecule has 0 aromatic carbocycles. The third kappa shape index (κ3) is 54.2. The number of carbonyl (C=O) groups is 1. The van der Waals surface area contributed by atoms with E-state index in [4.69, 9.17) is 4.79 Å². The molecule has 3 nitrogen and oxygen atoms in total. The number of hydrogen-bond acceptors (Lipinski definition) is 1. The zero-order chi connectivity index (χ0) is 3.58. The molecule has 0 aliphatic heterocycles. The van der Waals surface area contributed by atoms with Crippen molar-refractivity contribution in [2.45, 2.75) is 0 Å². The first kappa shape index (κ1) is 9.29. The molecule has 0 aromatic heterocycles. The van der Waals surface area contributed by atoms with Crippen molar-refractivity contribution in [1.82, 2.24) is 0 Å². The van der Waals surface area contributed by atoms with E-state index in [0.29, 0.717) is 0 Å². The molecule has 2 amide bonds. The molecule has 0 bridgehead atoms. The van der Waals surface area contributed by atoms with Crippen molar-refractivity contribution in [3.8, 4) is 0 Å². The van der Waals surface area contributed by atoms with Gasteiger partial charge in [0.1, 0.15) is 0 Å². The number of carbonyl (C=O) groups excluding carboxylic acids is 1. The summed E-state index contributed by atoms with van der Waals surface area (Å²) in [7, 11) is 0. The quantitative estimate of drug-likeness (QED) is 0.532. The minimum Gasteiger partial charge on any atom is -0.352 e. The summed E-state index contributed by atoms with van der Waals surface area (Å²) in [6.45, 7) is 0. The minimum absolute atomic E-state index is 0. The van der Waals surface area contributed by atoms with E-state index in [9.17, 15) is 0 Å². The van der Waals surface area contributed by atoms with Crippen molar-refractivity contribution in [1.29, 1.82) is 0 Å². The van der Waals surface area contributed by atoms with Gasteiger partial charge in [-0.15, -0.1) is 0 Å². The summed E-state index contributed by atoms with van der Waals surface area (Å²) in [5, 5.41) is 0. The van der Waals surface area contributed by atoms with Crippen LogP contribution in [0.3, 0.4) is 0 Å². The molecule has 0 rings (SSSR count). The smallest absolute Gasteiger partial charge is 0.309 e. The molecule has 0 aliphatic rings. The van der Waals surface area contributed by atoms with Gasteiger partial charge in [-0.2, -0.15) is 0 Å². The van der Waals surface area contributed by atoms with Gasteiger partial charge in [0.2, 0.25) is 0 Å². The van der Waals surface area contributed by atoms with Gasteiger partial charge in [-0.05, 0) is 0 Å². The van der Waals surface area contributed by atoms with Crippen LogP contribution < -0.4 is 11.5 Å². The number of hydrogen-bond donors (Lipinski definition) is 2. The number of primary amides is 2. The van der Waals surface area contributed by atoms with Crippen LogP contribution in [0.25, 0.3) is 0 Å². The van der Waals surface area contributed by atoms with Crippen molar-refractivity contribution in [3.63, 3.8) is 0 Å². The fourth-order valence-corrected chi connectivity index (χ4v) is 0. The molecule has 0 atom stereocenters. The number of rotatable bonds is 0. The zero-order valence-electron chi connectivity index (χ0n) is 2.44. The molecule has 4 N–H and O–H groups in total. The van der Waals surface area contributed by atoms with Gasteiger partial charge in [-0.1, -0.05) is 0 Å². The average Bonchev–Trinajstić information content (AvgIpc) is 0.811. The molecular weight excluding hydrogens is 208 g/mol. The third-order valence-electron chi connectivity index (χ3n) is 0. The molecule has 0 saturated carbocycles.